The van der Waals surface area contributed by atoms with Gasteiger partial charge < -0.3 is 10.1 Å². The number of benzene rings is 2. The minimum Gasteiger partial charge on any atom is -0.469 e. The highest BCUT2D eigenvalue weighted by atomic mass is 16.5. The molecule has 0 spiro atoms. The maximum Gasteiger partial charge on any atom is 0.309 e. The zero-order valence-corrected chi connectivity index (χ0v) is 17.2. The minimum absolute atomic E-state index is 0.213. The second-order valence-electron chi connectivity index (χ2n) is 8.95. The Morgan fingerprint density at radius 3 is 2.15 bits per heavy atom. The number of carbonyl (C=O) groups excluding carboxylic acids is 1. The molecule has 0 radical (unpaired) electrons. The molecule has 2 aromatic carbocycles. The molecule has 0 fully saturated rings. The summed E-state index contributed by atoms with van der Waals surface area (Å²) in [6.45, 7) is 10.2. The first-order valence-electron chi connectivity index (χ1n) is 9.75. The fourth-order valence-electron chi connectivity index (χ4n) is 3.93. The number of carbonyl (C=O) groups is 1. The van der Waals surface area contributed by atoms with E-state index in [1.165, 1.54) is 36.6 Å². The summed E-state index contributed by atoms with van der Waals surface area (Å²) in [5, 5.41) is 3.49. The molecule has 0 unspecified atom stereocenters. The number of hydrogen-bond donors (Lipinski definition) is 1. The second-order valence-corrected chi connectivity index (χ2v) is 8.95. The maximum absolute atomic E-state index is 11.4. The highest BCUT2D eigenvalue weighted by Gasteiger charge is 2.36. The molecule has 3 nitrogen and oxygen atoms in total. The van der Waals surface area contributed by atoms with E-state index in [4.69, 9.17) is 4.74 Å². The summed E-state index contributed by atoms with van der Waals surface area (Å²) in [6, 6.07) is 14.9. The Morgan fingerprint density at radius 2 is 1.52 bits per heavy atom. The monoisotopic (exact) mass is 365 g/mol. The molecule has 144 valence electrons. The zero-order chi connectivity index (χ0) is 19.7. The van der Waals surface area contributed by atoms with Crippen LogP contribution in [0.4, 0.5) is 5.69 Å². The lowest BCUT2D eigenvalue weighted by Gasteiger charge is -2.42. The molecule has 0 heterocycles. The van der Waals surface area contributed by atoms with Crippen LogP contribution in [0.1, 0.15) is 62.8 Å². The molecule has 1 N–H and O–H groups in total. The van der Waals surface area contributed by atoms with Gasteiger partial charge in [-0.3, -0.25) is 4.79 Å². The lowest BCUT2D eigenvalue weighted by Crippen LogP contribution is -2.33. The fraction of sp³-hybridized carbons (Fsp3) is 0.458. The van der Waals surface area contributed by atoms with Gasteiger partial charge in [0.25, 0.3) is 0 Å². The van der Waals surface area contributed by atoms with E-state index in [-0.39, 0.29) is 16.8 Å². The summed E-state index contributed by atoms with van der Waals surface area (Å²) in [7, 11) is 1.42. The third-order valence-electron chi connectivity index (χ3n) is 5.94. The highest BCUT2D eigenvalue weighted by Crippen LogP contribution is 2.45. The van der Waals surface area contributed by atoms with E-state index < -0.39 is 0 Å². The number of esters is 1. The van der Waals surface area contributed by atoms with Gasteiger partial charge >= 0.3 is 5.97 Å². The Kier molecular flexibility index (Phi) is 5.32. The average Bonchev–Trinajstić information content (AvgIpc) is 2.65. The molecule has 0 saturated carbocycles. The van der Waals surface area contributed by atoms with Crippen LogP contribution in [0.25, 0.3) is 0 Å². The summed E-state index contributed by atoms with van der Waals surface area (Å²) in [5.41, 5.74) is 6.80. The largest absolute Gasteiger partial charge is 0.469 e. The second kappa shape index (κ2) is 7.38. The van der Waals surface area contributed by atoms with Crippen molar-refractivity contribution in [2.24, 2.45) is 0 Å². The summed E-state index contributed by atoms with van der Waals surface area (Å²) in [6.07, 6.45) is 2.78. The number of anilines is 1. The Morgan fingerprint density at radius 1 is 0.926 bits per heavy atom. The Bertz CT molecular complexity index is 819. The molecule has 1 aliphatic carbocycles. The third kappa shape index (κ3) is 4.35. The smallest absolute Gasteiger partial charge is 0.309 e. The topological polar surface area (TPSA) is 38.3 Å². The summed E-state index contributed by atoms with van der Waals surface area (Å²) < 4.78 is 4.71. The molecule has 3 heteroatoms. The standard InChI is InChI=1S/C24H31NO2/c1-23(2)12-13-24(3,4)21-14-18(8-11-20(21)23)16-25-19-9-6-17(7-10-19)15-22(26)27-5/h6-11,14,25H,12-13,15-16H2,1-5H3. The first-order valence-corrected chi connectivity index (χ1v) is 9.75. The SMILES string of the molecule is COC(=O)Cc1ccc(NCc2ccc3c(c2)C(C)(C)CCC3(C)C)cc1. The van der Waals surface area contributed by atoms with Gasteiger partial charge in [-0.2, -0.15) is 0 Å². The van der Waals surface area contributed by atoms with Crippen LogP contribution in [-0.2, 0) is 33.3 Å². The van der Waals surface area contributed by atoms with E-state index in [2.05, 4.69) is 51.2 Å². The van der Waals surface area contributed by atoms with Crippen molar-refractivity contribution in [2.75, 3.05) is 12.4 Å². The van der Waals surface area contributed by atoms with Crippen LogP contribution < -0.4 is 5.32 Å². The van der Waals surface area contributed by atoms with Gasteiger partial charge in [0.05, 0.1) is 13.5 Å². The van der Waals surface area contributed by atoms with Crippen molar-refractivity contribution in [3.63, 3.8) is 0 Å². The van der Waals surface area contributed by atoms with Gasteiger partial charge in [0, 0.05) is 12.2 Å². The van der Waals surface area contributed by atoms with Crippen LogP contribution in [0, 0.1) is 0 Å². The zero-order valence-electron chi connectivity index (χ0n) is 17.2. The van der Waals surface area contributed by atoms with Crippen LogP contribution in [-0.4, -0.2) is 13.1 Å². The lowest BCUT2D eigenvalue weighted by molar-refractivity contribution is -0.139. The predicted molar refractivity (Wildman–Crippen MR) is 111 cm³/mol. The third-order valence-corrected chi connectivity index (χ3v) is 5.94. The number of methoxy groups -OCH3 is 1. The maximum atomic E-state index is 11.4. The Hall–Kier alpha value is -2.29. The molecule has 0 aromatic heterocycles. The van der Waals surface area contributed by atoms with Crippen molar-refractivity contribution in [1.82, 2.24) is 0 Å². The van der Waals surface area contributed by atoms with Crippen molar-refractivity contribution in [2.45, 2.75) is 64.3 Å². The van der Waals surface area contributed by atoms with Crippen LogP contribution in [0.3, 0.4) is 0 Å². The molecule has 3 rings (SSSR count). The molecule has 0 aliphatic heterocycles. The molecular weight excluding hydrogens is 334 g/mol. The average molecular weight is 366 g/mol. The quantitative estimate of drug-likeness (QED) is 0.725. The van der Waals surface area contributed by atoms with Crippen molar-refractivity contribution in [3.05, 3.63) is 64.7 Å². The summed E-state index contributed by atoms with van der Waals surface area (Å²) >= 11 is 0. The van der Waals surface area contributed by atoms with Gasteiger partial charge in [0.2, 0.25) is 0 Å². The van der Waals surface area contributed by atoms with Crippen molar-refractivity contribution in [1.29, 1.82) is 0 Å². The molecule has 0 amide bonds. The molecule has 0 atom stereocenters. The molecular formula is C24H31NO2. The highest BCUT2D eigenvalue weighted by molar-refractivity contribution is 5.72. The first kappa shape index (κ1) is 19.5. The number of ether oxygens (including phenoxy) is 1. The number of hydrogen-bond acceptors (Lipinski definition) is 3. The van der Waals surface area contributed by atoms with Crippen LogP contribution in [0.2, 0.25) is 0 Å². The molecule has 2 aromatic rings. The predicted octanol–water partition coefficient (Wildman–Crippen LogP) is 5.36. The van der Waals surface area contributed by atoms with Crippen LogP contribution >= 0.6 is 0 Å². The van der Waals surface area contributed by atoms with Gasteiger partial charge in [-0.05, 0) is 58.1 Å². The Labute approximate surface area is 163 Å². The van der Waals surface area contributed by atoms with Crippen molar-refractivity contribution in [3.8, 4) is 0 Å². The summed E-state index contributed by atoms with van der Waals surface area (Å²) in [4.78, 5) is 11.4. The van der Waals surface area contributed by atoms with E-state index in [1.807, 2.05) is 24.3 Å². The Balaban J connectivity index is 1.71. The van der Waals surface area contributed by atoms with Gasteiger partial charge in [0.15, 0.2) is 0 Å². The van der Waals surface area contributed by atoms with Gasteiger partial charge in [0.1, 0.15) is 0 Å². The number of fused-ring (bicyclic) bond motifs is 1. The summed E-state index contributed by atoms with van der Waals surface area (Å²) in [5.74, 6) is -0.213. The van der Waals surface area contributed by atoms with E-state index >= 15 is 0 Å². The normalized spacial score (nSPS) is 17.1. The molecule has 0 bridgehead atoms. The van der Waals surface area contributed by atoms with Crippen LogP contribution in [0.15, 0.2) is 42.5 Å². The number of nitrogens with one attached hydrogen (secondary N) is 1. The van der Waals surface area contributed by atoms with Crippen molar-refractivity contribution >= 4 is 11.7 Å². The van der Waals surface area contributed by atoms with Gasteiger partial charge in [-0.1, -0.05) is 58.0 Å². The van der Waals surface area contributed by atoms with E-state index in [1.54, 1.807) is 0 Å². The van der Waals surface area contributed by atoms with E-state index in [0.29, 0.717) is 6.42 Å². The molecule has 1 aliphatic rings. The lowest BCUT2D eigenvalue weighted by atomic mass is 9.63. The van der Waals surface area contributed by atoms with E-state index in [9.17, 15) is 4.79 Å². The van der Waals surface area contributed by atoms with Crippen molar-refractivity contribution < 1.29 is 9.53 Å². The molecule has 0 saturated heterocycles. The number of rotatable bonds is 5. The fourth-order valence-corrected chi connectivity index (χ4v) is 3.93. The minimum atomic E-state index is -0.213. The van der Waals surface area contributed by atoms with Gasteiger partial charge in [-0.15, -0.1) is 0 Å². The van der Waals surface area contributed by atoms with E-state index in [0.717, 1.165) is 17.8 Å². The van der Waals surface area contributed by atoms with Gasteiger partial charge in [-0.25, -0.2) is 0 Å². The first-order chi connectivity index (χ1) is 12.7. The molecule has 27 heavy (non-hydrogen) atoms. The van der Waals surface area contributed by atoms with Crippen LogP contribution in [0.5, 0.6) is 0 Å².